The van der Waals surface area contributed by atoms with Gasteiger partial charge in [0.25, 0.3) is 11.3 Å². The van der Waals surface area contributed by atoms with Gasteiger partial charge in [-0.1, -0.05) is 27.2 Å². The number of piperidine rings is 1. The minimum absolute atomic E-state index is 0.0969. The Labute approximate surface area is 117 Å². The zero-order valence-electron chi connectivity index (χ0n) is 12.2. The second kappa shape index (κ2) is 4.70. The van der Waals surface area contributed by atoms with E-state index in [2.05, 4.69) is 41.2 Å². The molecule has 0 aromatic carbocycles. The highest BCUT2D eigenvalue weighted by atomic mass is 16.1. The van der Waals surface area contributed by atoms with Crippen LogP contribution in [0.4, 0.5) is 0 Å². The zero-order valence-corrected chi connectivity index (χ0v) is 12.2. The van der Waals surface area contributed by atoms with Gasteiger partial charge in [-0.2, -0.15) is 9.50 Å². The van der Waals surface area contributed by atoms with E-state index >= 15 is 0 Å². The fraction of sp³-hybridized carbons (Fsp3) is 0.643. The number of hydrogen-bond acceptors (Lipinski definition) is 4. The molecule has 1 unspecified atom stereocenters. The lowest BCUT2D eigenvalue weighted by Crippen LogP contribution is -2.29. The van der Waals surface area contributed by atoms with Gasteiger partial charge in [0.15, 0.2) is 0 Å². The SMILES string of the molecule is CC(C)(C)c1nc2nc(C3CCCCN3)cc(=O)n2[nH]1. The van der Waals surface area contributed by atoms with E-state index in [9.17, 15) is 4.79 Å². The van der Waals surface area contributed by atoms with Crippen molar-refractivity contribution < 1.29 is 0 Å². The van der Waals surface area contributed by atoms with Crippen molar-refractivity contribution in [2.75, 3.05) is 6.54 Å². The summed E-state index contributed by atoms with van der Waals surface area (Å²) >= 11 is 0. The first-order chi connectivity index (χ1) is 9.45. The predicted octanol–water partition coefficient (Wildman–Crippen LogP) is 1.53. The van der Waals surface area contributed by atoms with E-state index in [0.717, 1.165) is 24.5 Å². The van der Waals surface area contributed by atoms with Crippen LogP contribution in [0.1, 0.15) is 57.6 Å². The molecule has 6 nitrogen and oxygen atoms in total. The summed E-state index contributed by atoms with van der Waals surface area (Å²) < 4.78 is 1.42. The number of fused-ring (bicyclic) bond motifs is 1. The van der Waals surface area contributed by atoms with Crippen LogP contribution < -0.4 is 10.9 Å². The molecule has 2 aromatic heterocycles. The second-order valence-electron chi connectivity index (χ2n) is 6.48. The summed E-state index contributed by atoms with van der Waals surface area (Å²) in [5.74, 6) is 1.24. The number of aromatic amines is 1. The molecule has 3 heterocycles. The Kier molecular flexibility index (Phi) is 3.12. The first-order valence-electron chi connectivity index (χ1n) is 7.19. The van der Waals surface area contributed by atoms with Crippen molar-refractivity contribution in [3.05, 3.63) is 27.9 Å². The maximum atomic E-state index is 12.2. The van der Waals surface area contributed by atoms with Crippen LogP contribution >= 0.6 is 0 Å². The van der Waals surface area contributed by atoms with Gasteiger partial charge in [0.05, 0.1) is 5.69 Å². The molecule has 2 N–H and O–H groups in total. The van der Waals surface area contributed by atoms with Gasteiger partial charge in [0, 0.05) is 17.5 Å². The summed E-state index contributed by atoms with van der Waals surface area (Å²) in [4.78, 5) is 21.2. The number of hydrogen-bond donors (Lipinski definition) is 2. The quantitative estimate of drug-likeness (QED) is 0.827. The fourth-order valence-electron chi connectivity index (χ4n) is 2.52. The summed E-state index contributed by atoms with van der Waals surface area (Å²) in [6.07, 6.45) is 3.39. The van der Waals surface area contributed by atoms with E-state index in [1.54, 1.807) is 6.07 Å². The minimum atomic E-state index is -0.136. The van der Waals surface area contributed by atoms with Crippen LogP contribution in [0, 0.1) is 0 Å². The lowest BCUT2D eigenvalue weighted by atomic mass is 9.96. The molecule has 0 saturated carbocycles. The Bertz CT molecular complexity index is 673. The molecule has 108 valence electrons. The number of rotatable bonds is 1. The van der Waals surface area contributed by atoms with Gasteiger partial charge in [0.2, 0.25) is 0 Å². The largest absolute Gasteiger partial charge is 0.309 e. The van der Waals surface area contributed by atoms with Gasteiger partial charge in [0.1, 0.15) is 5.82 Å². The number of nitrogens with zero attached hydrogens (tertiary/aromatic N) is 3. The molecule has 1 atom stereocenters. The molecule has 2 aromatic rings. The molecule has 20 heavy (non-hydrogen) atoms. The van der Waals surface area contributed by atoms with Crippen molar-refractivity contribution in [2.45, 2.75) is 51.5 Å². The number of aromatic nitrogens is 4. The van der Waals surface area contributed by atoms with Crippen molar-refractivity contribution in [2.24, 2.45) is 0 Å². The van der Waals surface area contributed by atoms with Crippen LogP contribution in [0.25, 0.3) is 5.78 Å². The summed E-state index contributed by atoms with van der Waals surface area (Å²) in [6, 6.07) is 1.79. The lowest BCUT2D eigenvalue weighted by molar-refractivity contribution is 0.405. The Balaban J connectivity index is 2.06. The van der Waals surface area contributed by atoms with Crippen LogP contribution in [0.2, 0.25) is 0 Å². The van der Waals surface area contributed by atoms with Gasteiger partial charge >= 0.3 is 0 Å². The van der Waals surface area contributed by atoms with Crippen molar-refractivity contribution in [1.29, 1.82) is 0 Å². The number of H-pyrrole nitrogens is 1. The molecule has 3 rings (SSSR count). The monoisotopic (exact) mass is 275 g/mol. The summed E-state index contributed by atoms with van der Waals surface area (Å²) in [5.41, 5.74) is 0.575. The number of nitrogens with one attached hydrogen (secondary N) is 2. The smallest absolute Gasteiger partial charge is 0.274 e. The highest BCUT2D eigenvalue weighted by Gasteiger charge is 2.22. The van der Waals surface area contributed by atoms with E-state index in [0.29, 0.717) is 5.78 Å². The molecule has 0 radical (unpaired) electrons. The van der Waals surface area contributed by atoms with Gasteiger partial charge in [-0.05, 0) is 19.4 Å². The zero-order chi connectivity index (χ0) is 14.3. The standard InChI is InChI=1S/C14H21N5O/c1-14(2,3)12-17-13-16-10(8-11(20)19(13)18-12)9-6-4-5-7-15-9/h8-9,15H,4-7H2,1-3H3,(H,16,17,18). The Morgan fingerprint density at radius 2 is 2.10 bits per heavy atom. The van der Waals surface area contributed by atoms with E-state index in [1.165, 1.54) is 17.4 Å². The highest BCUT2D eigenvalue weighted by Crippen LogP contribution is 2.21. The Morgan fingerprint density at radius 1 is 1.30 bits per heavy atom. The molecule has 0 bridgehead atoms. The second-order valence-corrected chi connectivity index (χ2v) is 6.48. The van der Waals surface area contributed by atoms with Crippen LogP contribution in [-0.4, -0.2) is 26.1 Å². The van der Waals surface area contributed by atoms with Gasteiger partial charge in [-0.15, -0.1) is 0 Å². The molecule has 0 amide bonds. The summed E-state index contributed by atoms with van der Waals surface area (Å²) in [6.45, 7) is 7.15. The molecule has 1 aliphatic rings. The first-order valence-corrected chi connectivity index (χ1v) is 7.19. The van der Waals surface area contributed by atoms with E-state index in [-0.39, 0.29) is 17.0 Å². The molecule has 6 heteroatoms. The third-order valence-corrected chi connectivity index (χ3v) is 3.73. The summed E-state index contributed by atoms with van der Waals surface area (Å²) in [7, 11) is 0. The predicted molar refractivity (Wildman–Crippen MR) is 76.9 cm³/mol. The Hall–Kier alpha value is -1.69. The molecular weight excluding hydrogens is 254 g/mol. The minimum Gasteiger partial charge on any atom is -0.309 e. The highest BCUT2D eigenvalue weighted by molar-refractivity contribution is 5.30. The first kappa shape index (κ1) is 13.3. The fourth-order valence-corrected chi connectivity index (χ4v) is 2.52. The van der Waals surface area contributed by atoms with E-state index in [1.807, 2.05) is 0 Å². The van der Waals surface area contributed by atoms with E-state index < -0.39 is 0 Å². The third kappa shape index (κ3) is 2.35. The molecule has 1 aliphatic heterocycles. The van der Waals surface area contributed by atoms with Crippen molar-refractivity contribution in [1.82, 2.24) is 24.9 Å². The maximum absolute atomic E-state index is 12.2. The normalized spacial score (nSPS) is 20.4. The summed E-state index contributed by atoms with van der Waals surface area (Å²) in [5, 5.41) is 6.46. The van der Waals surface area contributed by atoms with Crippen LogP contribution in [0.3, 0.4) is 0 Å². The van der Waals surface area contributed by atoms with Gasteiger partial charge in [-0.3, -0.25) is 9.89 Å². The lowest BCUT2D eigenvalue weighted by Gasteiger charge is -2.22. The molecule has 0 aliphatic carbocycles. The van der Waals surface area contributed by atoms with Crippen LogP contribution in [-0.2, 0) is 5.41 Å². The molecular formula is C14H21N5O. The topological polar surface area (TPSA) is 75.1 Å². The molecule has 0 spiro atoms. The van der Waals surface area contributed by atoms with E-state index in [4.69, 9.17) is 0 Å². The third-order valence-electron chi connectivity index (χ3n) is 3.73. The van der Waals surface area contributed by atoms with Crippen molar-refractivity contribution in [3.63, 3.8) is 0 Å². The van der Waals surface area contributed by atoms with Crippen molar-refractivity contribution >= 4 is 5.78 Å². The average Bonchev–Trinajstić information content (AvgIpc) is 2.84. The van der Waals surface area contributed by atoms with Crippen molar-refractivity contribution in [3.8, 4) is 0 Å². The van der Waals surface area contributed by atoms with Gasteiger partial charge < -0.3 is 5.32 Å². The molecule has 1 saturated heterocycles. The van der Waals surface area contributed by atoms with Crippen LogP contribution in [0.15, 0.2) is 10.9 Å². The Morgan fingerprint density at radius 3 is 2.75 bits per heavy atom. The van der Waals surface area contributed by atoms with Crippen LogP contribution in [0.5, 0.6) is 0 Å². The average molecular weight is 275 g/mol. The maximum Gasteiger partial charge on any atom is 0.274 e. The van der Waals surface area contributed by atoms with Gasteiger partial charge in [-0.25, -0.2) is 4.98 Å². The molecule has 1 fully saturated rings.